The van der Waals surface area contributed by atoms with Gasteiger partial charge in [-0.1, -0.05) is 6.92 Å². The molecule has 1 saturated carbocycles. The van der Waals surface area contributed by atoms with Crippen LogP contribution in [0.2, 0.25) is 0 Å². The molecule has 2 heterocycles. The second-order valence-electron chi connectivity index (χ2n) is 5.55. The molecule has 0 amide bonds. The number of anilines is 1. The highest BCUT2D eigenvalue weighted by Crippen LogP contribution is 2.28. The predicted molar refractivity (Wildman–Crippen MR) is 75.3 cm³/mol. The van der Waals surface area contributed by atoms with Crippen molar-refractivity contribution in [3.8, 4) is 0 Å². The van der Waals surface area contributed by atoms with Gasteiger partial charge < -0.3 is 14.6 Å². The van der Waals surface area contributed by atoms with Gasteiger partial charge in [0.2, 0.25) is 0 Å². The third-order valence-corrected chi connectivity index (χ3v) is 3.92. The Labute approximate surface area is 115 Å². The first-order valence-corrected chi connectivity index (χ1v) is 7.51. The number of piperazine rings is 1. The molecule has 0 aromatic carbocycles. The minimum atomic E-state index is 0.795. The summed E-state index contributed by atoms with van der Waals surface area (Å²) >= 11 is 0. The SMILES string of the molecule is CCCNCc1coc(N2CCN(C3CC3)CC2)n1. The summed E-state index contributed by atoms with van der Waals surface area (Å²) < 4.78 is 5.60. The van der Waals surface area contributed by atoms with Gasteiger partial charge in [-0.15, -0.1) is 0 Å². The standard InChI is InChI=1S/C14H24N4O/c1-2-5-15-10-12-11-19-14(16-12)18-8-6-17(7-9-18)13-3-4-13/h11,13,15H,2-10H2,1H3. The maximum absolute atomic E-state index is 5.60. The van der Waals surface area contributed by atoms with Gasteiger partial charge in [-0.05, 0) is 25.8 Å². The van der Waals surface area contributed by atoms with E-state index in [1.165, 1.54) is 12.8 Å². The van der Waals surface area contributed by atoms with Crippen LogP contribution in [0.5, 0.6) is 0 Å². The molecule has 1 aliphatic carbocycles. The van der Waals surface area contributed by atoms with Crippen molar-refractivity contribution in [3.05, 3.63) is 12.0 Å². The molecule has 5 heteroatoms. The first-order valence-electron chi connectivity index (χ1n) is 7.51. The van der Waals surface area contributed by atoms with Crippen LogP contribution in [0.25, 0.3) is 0 Å². The maximum atomic E-state index is 5.60. The number of oxazole rings is 1. The molecule has 5 nitrogen and oxygen atoms in total. The summed E-state index contributed by atoms with van der Waals surface area (Å²) in [6.07, 6.45) is 5.72. The van der Waals surface area contributed by atoms with E-state index in [0.717, 1.165) is 63.4 Å². The summed E-state index contributed by atoms with van der Waals surface area (Å²) in [6, 6.07) is 1.67. The van der Waals surface area contributed by atoms with Crippen molar-refractivity contribution in [2.24, 2.45) is 0 Å². The van der Waals surface area contributed by atoms with Gasteiger partial charge in [0.1, 0.15) is 6.26 Å². The van der Waals surface area contributed by atoms with Crippen molar-refractivity contribution >= 4 is 6.01 Å². The number of nitrogens with zero attached hydrogens (tertiary/aromatic N) is 3. The van der Waals surface area contributed by atoms with Crippen molar-refractivity contribution in [3.63, 3.8) is 0 Å². The third-order valence-electron chi connectivity index (χ3n) is 3.92. The number of aromatic nitrogens is 1. The highest BCUT2D eigenvalue weighted by Gasteiger charge is 2.31. The van der Waals surface area contributed by atoms with Crippen molar-refractivity contribution in [1.82, 2.24) is 15.2 Å². The van der Waals surface area contributed by atoms with E-state index in [4.69, 9.17) is 4.42 Å². The zero-order chi connectivity index (χ0) is 13.1. The second kappa shape index (κ2) is 5.92. The molecule has 19 heavy (non-hydrogen) atoms. The summed E-state index contributed by atoms with van der Waals surface area (Å²) in [7, 11) is 0. The first-order chi connectivity index (χ1) is 9.36. The Morgan fingerprint density at radius 3 is 2.79 bits per heavy atom. The van der Waals surface area contributed by atoms with Crippen LogP contribution in [0.4, 0.5) is 6.01 Å². The average Bonchev–Trinajstić information content (AvgIpc) is 3.19. The molecule has 0 bridgehead atoms. The summed E-state index contributed by atoms with van der Waals surface area (Å²) in [5.74, 6) is 0. The zero-order valence-electron chi connectivity index (χ0n) is 11.8. The molecule has 1 saturated heterocycles. The number of hydrogen-bond acceptors (Lipinski definition) is 5. The summed E-state index contributed by atoms with van der Waals surface area (Å²) in [5, 5.41) is 3.35. The molecule has 0 atom stereocenters. The van der Waals surface area contributed by atoms with Crippen LogP contribution in [0, 0.1) is 0 Å². The summed E-state index contributed by atoms with van der Waals surface area (Å²) in [4.78, 5) is 9.44. The van der Waals surface area contributed by atoms with Crippen LogP contribution in [0.1, 0.15) is 31.9 Å². The Morgan fingerprint density at radius 1 is 1.32 bits per heavy atom. The maximum Gasteiger partial charge on any atom is 0.297 e. The van der Waals surface area contributed by atoms with E-state index in [1.807, 2.05) is 0 Å². The molecular weight excluding hydrogens is 240 g/mol. The van der Waals surface area contributed by atoms with Gasteiger partial charge in [0, 0.05) is 38.8 Å². The molecule has 1 aliphatic heterocycles. The largest absolute Gasteiger partial charge is 0.432 e. The van der Waals surface area contributed by atoms with E-state index in [-0.39, 0.29) is 0 Å². The Morgan fingerprint density at radius 2 is 2.11 bits per heavy atom. The van der Waals surface area contributed by atoms with Gasteiger partial charge in [0.15, 0.2) is 0 Å². The Balaban J connectivity index is 1.49. The van der Waals surface area contributed by atoms with Crippen LogP contribution in [0.3, 0.4) is 0 Å². The van der Waals surface area contributed by atoms with Gasteiger partial charge in [-0.2, -0.15) is 4.98 Å². The smallest absolute Gasteiger partial charge is 0.297 e. The van der Waals surface area contributed by atoms with Crippen molar-refractivity contribution < 1.29 is 4.42 Å². The quantitative estimate of drug-likeness (QED) is 0.788. The summed E-state index contributed by atoms with van der Waals surface area (Å²) in [5.41, 5.74) is 1.01. The lowest BCUT2D eigenvalue weighted by atomic mass is 10.3. The number of rotatable bonds is 6. The minimum absolute atomic E-state index is 0.795. The monoisotopic (exact) mass is 264 g/mol. The van der Waals surface area contributed by atoms with Gasteiger partial charge in [-0.3, -0.25) is 4.90 Å². The van der Waals surface area contributed by atoms with Crippen molar-refractivity contribution in [2.45, 2.75) is 38.8 Å². The fourth-order valence-corrected chi connectivity index (χ4v) is 2.63. The molecule has 0 unspecified atom stereocenters. The third kappa shape index (κ3) is 3.28. The first kappa shape index (κ1) is 12.9. The van der Waals surface area contributed by atoms with Crippen LogP contribution in [0.15, 0.2) is 10.7 Å². The Hall–Kier alpha value is -1.07. The predicted octanol–water partition coefficient (Wildman–Crippen LogP) is 1.46. The lowest BCUT2D eigenvalue weighted by Crippen LogP contribution is -2.47. The van der Waals surface area contributed by atoms with Crippen LogP contribution in [-0.4, -0.2) is 48.6 Å². The Bertz CT molecular complexity index is 394. The van der Waals surface area contributed by atoms with Gasteiger partial charge in [0.25, 0.3) is 6.01 Å². The van der Waals surface area contributed by atoms with Gasteiger partial charge >= 0.3 is 0 Å². The van der Waals surface area contributed by atoms with Gasteiger partial charge in [0.05, 0.1) is 5.69 Å². The fraction of sp³-hybridized carbons (Fsp3) is 0.786. The molecule has 2 aliphatic rings. The molecular formula is C14H24N4O. The van der Waals surface area contributed by atoms with Crippen molar-refractivity contribution in [1.29, 1.82) is 0 Å². The molecule has 3 rings (SSSR count). The summed E-state index contributed by atoms with van der Waals surface area (Å²) in [6.45, 7) is 8.38. The number of hydrogen-bond donors (Lipinski definition) is 1. The molecule has 1 aromatic heterocycles. The van der Waals surface area contributed by atoms with Crippen LogP contribution >= 0.6 is 0 Å². The van der Waals surface area contributed by atoms with Crippen LogP contribution < -0.4 is 10.2 Å². The normalized spacial score (nSPS) is 21.0. The molecule has 106 valence electrons. The van der Waals surface area contributed by atoms with E-state index in [2.05, 4.69) is 27.0 Å². The van der Waals surface area contributed by atoms with Crippen molar-refractivity contribution in [2.75, 3.05) is 37.6 Å². The lowest BCUT2D eigenvalue weighted by molar-refractivity contribution is 0.243. The van der Waals surface area contributed by atoms with E-state index < -0.39 is 0 Å². The highest BCUT2D eigenvalue weighted by atomic mass is 16.4. The zero-order valence-corrected chi connectivity index (χ0v) is 11.8. The van der Waals surface area contributed by atoms with E-state index in [9.17, 15) is 0 Å². The second-order valence-corrected chi connectivity index (χ2v) is 5.55. The van der Waals surface area contributed by atoms with E-state index in [1.54, 1.807) is 6.26 Å². The molecule has 1 N–H and O–H groups in total. The van der Waals surface area contributed by atoms with E-state index in [0.29, 0.717) is 0 Å². The number of nitrogens with one attached hydrogen (secondary N) is 1. The molecule has 0 radical (unpaired) electrons. The Kier molecular flexibility index (Phi) is 4.03. The van der Waals surface area contributed by atoms with E-state index >= 15 is 0 Å². The minimum Gasteiger partial charge on any atom is -0.432 e. The molecule has 2 fully saturated rings. The highest BCUT2D eigenvalue weighted by molar-refractivity contribution is 5.28. The lowest BCUT2D eigenvalue weighted by Gasteiger charge is -2.33. The van der Waals surface area contributed by atoms with Gasteiger partial charge in [-0.25, -0.2) is 0 Å². The topological polar surface area (TPSA) is 44.5 Å². The van der Waals surface area contributed by atoms with Crippen LogP contribution in [-0.2, 0) is 6.54 Å². The average molecular weight is 264 g/mol. The molecule has 0 spiro atoms. The molecule has 1 aromatic rings. The fourth-order valence-electron chi connectivity index (χ4n) is 2.63.